The van der Waals surface area contributed by atoms with Gasteiger partial charge in [-0.05, 0) is 109 Å². The van der Waals surface area contributed by atoms with Crippen LogP contribution in [0.2, 0.25) is 0 Å². The highest BCUT2D eigenvalue weighted by Crippen LogP contribution is 2.13. The van der Waals surface area contributed by atoms with Crippen molar-refractivity contribution in [3.63, 3.8) is 0 Å². The second-order valence-corrected chi connectivity index (χ2v) is 16.7. The van der Waals surface area contributed by atoms with Crippen LogP contribution >= 0.6 is 0 Å². The van der Waals surface area contributed by atoms with Gasteiger partial charge < -0.3 is 14.2 Å². The fourth-order valence-electron chi connectivity index (χ4n) is 6.83. The molecule has 0 aromatic carbocycles. The number of esters is 3. The monoisotopic (exact) mass is 851 g/mol. The fourth-order valence-corrected chi connectivity index (χ4v) is 6.83. The molecule has 0 aromatic rings. The number of hydrogen-bond acceptors (Lipinski definition) is 6. The molecule has 6 heteroatoms. The molecule has 6 nitrogen and oxygen atoms in total. The first kappa shape index (κ1) is 57.9. The van der Waals surface area contributed by atoms with E-state index in [1.165, 1.54) is 77.0 Å². The molecule has 0 aliphatic heterocycles. The zero-order valence-corrected chi connectivity index (χ0v) is 39.9. The smallest absolute Gasteiger partial charge is 0.306 e. The first-order valence-corrected chi connectivity index (χ1v) is 25.4. The Morgan fingerprint density at radius 2 is 0.639 bits per heavy atom. The van der Waals surface area contributed by atoms with E-state index in [1.807, 2.05) is 0 Å². The lowest BCUT2D eigenvalue weighted by Crippen LogP contribution is -2.30. The van der Waals surface area contributed by atoms with Crippen LogP contribution in [0.1, 0.15) is 239 Å². The van der Waals surface area contributed by atoms with Gasteiger partial charge in [-0.15, -0.1) is 0 Å². The van der Waals surface area contributed by atoms with Gasteiger partial charge in [-0.2, -0.15) is 0 Å². The largest absolute Gasteiger partial charge is 0.462 e. The molecular formula is C55H94O6. The number of allylic oxidation sites excluding steroid dienone is 12. The number of unbranched alkanes of at least 4 members (excludes halogenated alkanes) is 22. The predicted molar refractivity (Wildman–Crippen MR) is 261 cm³/mol. The molecule has 1 unspecified atom stereocenters. The van der Waals surface area contributed by atoms with Crippen LogP contribution < -0.4 is 0 Å². The summed E-state index contributed by atoms with van der Waals surface area (Å²) < 4.78 is 16.7. The van der Waals surface area contributed by atoms with E-state index in [0.29, 0.717) is 19.3 Å². The fraction of sp³-hybridized carbons (Fsp3) is 0.727. The van der Waals surface area contributed by atoms with Gasteiger partial charge in [-0.25, -0.2) is 0 Å². The van der Waals surface area contributed by atoms with Gasteiger partial charge in [0.05, 0.1) is 0 Å². The molecule has 0 fully saturated rings. The van der Waals surface area contributed by atoms with Gasteiger partial charge in [0.1, 0.15) is 13.2 Å². The van der Waals surface area contributed by atoms with Crippen LogP contribution in [0.5, 0.6) is 0 Å². The second-order valence-electron chi connectivity index (χ2n) is 16.7. The Morgan fingerprint density at radius 1 is 0.344 bits per heavy atom. The average molecular weight is 851 g/mol. The summed E-state index contributed by atoms with van der Waals surface area (Å²) in [6.45, 7) is 6.45. The molecule has 1 atom stereocenters. The minimum atomic E-state index is -0.796. The highest BCUT2D eigenvalue weighted by Gasteiger charge is 2.19. The summed E-state index contributed by atoms with van der Waals surface area (Å²) in [5.41, 5.74) is 0. The van der Waals surface area contributed by atoms with Crippen LogP contribution in [0.4, 0.5) is 0 Å². The van der Waals surface area contributed by atoms with Crippen LogP contribution in [-0.2, 0) is 28.6 Å². The minimum absolute atomic E-state index is 0.0958. The standard InChI is InChI=1S/C55H94O6/c1-4-7-10-13-16-19-22-25-27-28-31-33-36-39-42-45-48-54(57)60-51-52(50-59-53(56)47-44-41-38-35-32-29-24-21-18-15-12-9-6-3)61-55(58)49-46-43-40-37-34-30-26-23-20-17-14-11-8-5-2/h9,12,18-19,21-23,26-29,32,52H,4-8,10-11,13-17,20,24-25,30-31,33-51H2,1-3H3/b12-9-,21-18-,22-19-,26-23-,28-27-,32-29-. The normalized spacial score (nSPS) is 12.6. The molecule has 61 heavy (non-hydrogen) atoms. The molecule has 0 aromatic heterocycles. The number of ether oxygens (including phenoxy) is 3. The van der Waals surface area contributed by atoms with Crippen molar-refractivity contribution in [2.24, 2.45) is 0 Å². The molecule has 0 saturated carbocycles. The SMILES string of the molecule is CC/C=C\C/C=C\C/C=C\CCCCCC(=O)OCC(COC(=O)CCCCCCC/C=C\C/C=C\CCCCCC)OC(=O)CCCCCCC/C=C\CCCCCCC. The molecule has 0 saturated heterocycles. The maximum absolute atomic E-state index is 12.8. The Hall–Kier alpha value is -3.15. The van der Waals surface area contributed by atoms with Crippen LogP contribution in [-0.4, -0.2) is 37.2 Å². The summed E-state index contributed by atoms with van der Waals surface area (Å²) in [5, 5.41) is 0. The van der Waals surface area contributed by atoms with Gasteiger partial charge in [0.15, 0.2) is 6.10 Å². The van der Waals surface area contributed by atoms with Crippen molar-refractivity contribution < 1.29 is 28.6 Å². The quantitative estimate of drug-likeness (QED) is 0.0263. The summed E-state index contributed by atoms with van der Waals surface area (Å²) in [5.74, 6) is -0.947. The van der Waals surface area contributed by atoms with Crippen LogP contribution in [0.25, 0.3) is 0 Å². The molecule has 0 rings (SSSR count). The molecule has 0 radical (unpaired) electrons. The van der Waals surface area contributed by atoms with Crippen molar-refractivity contribution in [3.8, 4) is 0 Å². The number of carbonyl (C=O) groups is 3. The molecule has 0 aliphatic rings. The van der Waals surface area contributed by atoms with Crippen LogP contribution in [0.3, 0.4) is 0 Å². The van der Waals surface area contributed by atoms with Crippen molar-refractivity contribution >= 4 is 17.9 Å². The summed E-state index contributed by atoms with van der Waals surface area (Å²) in [6, 6.07) is 0. The molecule has 0 spiro atoms. The first-order valence-electron chi connectivity index (χ1n) is 25.4. The second kappa shape index (κ2) is 49.5. The summed E-state index contributed by atoms with van der Waals surface area (Å²) in [7, 11) is 0. The number of rotatable bonds is 45. The number of carbonyl (C=O) groups excluding carboxylic acids is 3. The van der Waals surface area contributed by atoms with Gasteiger partial charge in [0.25, 0.3) is 0 Å². The van der Waals surface area contributed by atoms with E-state index in [-0.39, 0.29) is 31.1 Å². The van der Waals surface area contributed by atoms with Gasteiger partial charge in [-0.1, -0.05) is 184 Å². The molecule has 350 valence electrons. The third-order valence-electron chi connectivity index (χ3n) is 10.7. The number of hydrogen-bond donors (Lipinski definition) is 0. The Labute approximate surface area is 376 Å². The highest BCUT2D eigenvalue weighted by atomic mass is 16.6. The predicted octanol–water partition coefficient (Wildman–Crippen LogP) is 16.6. The van der Waals surface area contributed by atoms with E-state index in [9.17, 15) is 14.4 Å². The summed E-state index contributed by atoms with van der Waals surface area (Å²) >= 11 is 0. The Morgan fingerprint density at radius 3 is 1.05 bits per heavy atom. The minimum Gasteiger partial charge on any atom is -0.462 e. The van der Waals surface area contributed by atoms with Gasteiger partial charge in [0, 0.05) is 19.3 Å². The third-order valence-corrected chi connectivity index (χ3v) is 10.7. The average Bonchev–Trinajstić information content (AvgIpc) is 3.26. The zero-order valence-electron chi connectivity index (χ0n) is 39.9. The lowest BCUT2D eigenvalue weighted by atomic mass is 10.1. The highest BCUT2D eigenvalue weighted by molar-refractivity contribution is 5.71. The van der Waals surface area contributed by atoms with Crippen molar-refractivity contribution in [2.45, 2.75) is 245 Å². The summed E-state index contributed by atoms with van der Waals surface area (Å²) in [6.07, 6.45) is 61.7. The molecule has 0 heterocycles. The van der Waals surface area contributed by atoms with Crippen LogP contribution in [0.15, 0.2) is 72.9 Å². The van der Waals surface area contributed by atoms with Gasteiger partial charge in [0.2, 0.25) is 0 Å². The first-order chi connectivity index (χ1) is 30.0. The van der Waals surface area contributed by atoms with E-state index < -0.39 is 6.10 Å². The van der Waals surface area contributed by atoms with E-state index in [0.717, 1.165) is 122 Å². The Bertz CT molecular complexity index is 1160. The topological polar surface area (TPSA) is 78.9 Å². The Kier molecular flexibility index (Phi) is 46.9. The molecule has 0 aliphatic carbocycles. The molecular weight excluding hydrogens is 757 g/mol. The summed E-state index contributed by atoms with van der Waals surface area (Å²) in [4.78, 5) is 37.9. The molecule has 0 bridgehead atoms. The maximum atomic E-state index is 12.8. The lowest BCUT2D eigenvalue weighted by Gasteiger charge is -2.18. The van der Waals surface area contributed by atoms with Crippen molar-refractivity contribution in [2.75, 3.05) is 13.2 Å². The van der Waals surface area contributed by atoms with Crippen LogP contribution in [0, 0.1) is 0 Å². The van der Waals surface area contributed by atoms with E-state index in [4.69, 9.17) is 14.2 Å². The van der Waals surface area contributed by atoms with Crippen molar-refractivity contribution in [3.05, 3.63) is 72.9 Å². The van der Waals surface area contributed by atoms with Crippen molar-refractivity contribution in [1.29, 1.82) is 0 Å². The lowest BCUT2D eigenvalue weighted by molar-refractivity contribution is -0.167. The zero-order chi connectivity index (χ0) is 44.4. The third kappa shape index (κ3) is 47.7. The van der Waals surface area contributed by atoms with Gasteiger partial charge in [-0.3, -0.25) is 14.4 Å². The molecule has 0 N–H and O–H groups in total. The molecule has 0 amide bonds. The van der Waals surface area contributed by atoms with E-state index in [2.05, 4.69) is 93.7 Å². The van der Waals surface area contributed by atoms with E-state index in [1.54, 1.807) is 0 Å². The van der Waals surface area contributed by atoms with Gasteiger partial charge >= 0.3 is 17.9 Å². The Balaban J connectivity index is 4.46. The maximum Gasteiger partial charge on any atom is 0.306 e. The van der Waals surface area contributed by atoms with E-state index >= 15 is 0 Å². The van der Waals surface area contributed by atoms with Crippen molar-refractivity contribution in [1.82, 2.24) is 0 Å².